The summed E-state index contributed by atoms with van der Waals surface area (Å²) in [7, 11) is 0. The van der Waals surface area contributed by atoms with E-state index in [0.29, 0.717) is 16.5 Å². The van der Waals surface area contributed by atoms with Crippen molar-refractivity contribution >= 4 is 51.8 Å². The molecule has 2 aliphatic rings. The van der Waals surface area contributed by atoms with E-state index in [0.717, 1.165) is 16.5 Å². The second-order valence-electron chi connectivity index (χ2n) is 6.76. The van der Waals surface area contributed by atoms with Crippen LogP contribution in [0.5, 0.6) is 0 Å². The Morgan fingerprint density at radius 1 is 1.42 bits per heavy atom. The maximum atomic E-state index is 10.8. The molecule has 8 nitrogen and oxygen atoms in total. The maximum Gasteiger partial charge on any atom is 0.200 e. The summed E-state index contributed by atoms with van der Waals surface area (Å²) in [5.74, 6) is 0.521. The van der Waals surface area contributed by atoms with E-state index < -0.39 is 30.6 Å². The number of thiocarbonyl (C=S) groups is 1. The quantitative estimate of drug-likeness (QED) is 0.484. The number of aliphatic hydroxyl groups excluding tert-OH is 2. The van der Waals surface area contributed by atoms with Crippen molar-refractivity contribution in [1.82, 2.24) is 14.5 Å². The van der Waals surface area contributed by atoms with Crippen LogP contribution in [-0.4, -0.2) is 59.3 Å². The Balaban J connectivity index is 1.99. The highest BCUT2D eigenvalue weighted by Gasteiger charge is 2.53. The van der Waals surface area contributed by atoms with Crippen molar-refractivity contribution in [3.63, 3.8) is 0 Å². The van der Waals surface area contributed by atoms with Crippen LogP contribution < -0.4 is 5.32 Å². The Kier molecular flexibility index (Phi) is 4.03. The highest BCUT2D eigenvalue weighted by molar-refractivity contribution is 7.81. The van der Waals surface area contributed by atoms with Gasteiger partial charge in [-0.05, 0) is 37.7 Å². The third-order valence-electron chi connectivity index (χ3n) is 4.91. The third-order valence-corrected chi connectivity index (χ3v) is 5.32. The molecule has 4 rings (SSSR count). The molecule has 0 aliphatic carbocycles. The average molecular weight is 394 g/mol. The minimum Gasteiger partial charge on any atom is -0.394 e. The summed E-state index contributed by atoms with van der Waals surface area (Å²) in [5, 5.41) is 34.4. The summed E-state index contributed by atoms with van der Waals surface area (Å²) in [6, 6.07) is 0. The normalized spacial score (nSPS) is 31.0. The Bertz CT molecular complexity index is 1010. The standard InChI is InChI=1S/C16H18N4O4S2/c1-6-3-9(25)17-12-10-7(6)4-20(13(10)19-15(26)18-12)14-16(2,23)11(22)8(5-21)24-14/h3-4,8,11,14,21-23H,5H2,1-2H3,(H2,17,18,19,25,26)/t8-,11-,14?,16?/m1/s1. The predicted molar refractivity (Wildman–Crippen MR) is 102 cm³/mol. The van der Waals surface area contributed by atoms with Crippen LogP contribution >= 0.6 is 24.4 Å². The van der Waals surface area contributed by atoms with Crippen LogP contribution in [0, 0.1) is 4.77 Å². The van der Waals surface area contributed by atoms with Gasteiger partial charge < -0.3 is 34.9 Å². The molecule has 2 aromatic heterocycles. The van der Waals surface area contributed by atoms with Crippen LogP contribution in [0.4, 0.5) is 5.82 Å². The van der Waals surface area contributed by atoms with Gasteiger partial charge in [0.1, 0.15) is 34.3 Å². The molecular weight excluding hydrogens is 376 g/mol. The molecule has 2 aromatic rings. The van der Waals surface area contributed by atoms with Gasteiger partial charge in [-0.1, -0.05) is 12.2 Å². The maximum absolute atomic E-state index is 10.8. The number of ether oxygens (including phenoxy) is 1. The van der Waals surface area contributed by atoms with Gasteiger partial charge in [0.2, 0.25) is 0 Å². The fourth-order valence-corrected chi connectivity index (χ4v) is 4.03. The minimum atomic E-state index is -1.61. The Labute approximate surface area is 159 Å². The molecule has 10 heteroatoms. The molecule has 4 heterocycles. The van der Waals surface area contributed by atoms with E-state index in [2.05, 4.69) is 15.3 Å². The second kappa shape index (κ2) is 5.91. The summed E-state index contributed by atoms with van der Waals surface area (Å²) in [5.41, 5.74) is 0.729. The Morgan fingerprint density at radius 2 is 2.15 bits per heavy atom. The fourth-order valence-electron chi connectivity index (χ4n) is 3.57. The highest BCUT2D eigenvalue weighted by atomic mass is 32.1. The van der Waals surface area contributed by atoms with E-state index in [1.165, 1.54) is 6.92 Å². The van der Waals surface area contributed by atoms with Gasteiger partial charge in [-0.15, -0.1) is 0 Å². The largest absolute Gasteiger partial charge is 0.394 e. The van der Waals surface area contributed by atoms with E-state index in [1.807, 2.05) is 13.0 Å². The number of H-pyrrole nitrogens is 1. The number of aromatic amines is 1. The first-order valence-electron chi connectivity index (χ1n) is 8.05. The van der Waals surface area contributed by atoms with E-state index in [9.17, 15) is 15.3 Å². The van der Waals surface area contributed by atoms with Crippen molar-refractivity contribution < 1.29 is 20.1 Å². The van der Waals surface area contributed by atoms with Crippen molar-refractivity contribution in [3.8, 4) is 0 Å². The van der Waals surface area contributed by atoms with Crippen molar-refractivity contribution in [3.05, 3.63) is 22.6 Å². The van der Waals surface area contributed by atoms with Gasteiger partial charge >= 0.3 is 0 Å². The lowest BCUT2D eigenvalue weighted by molar-refractivity contribution is -0.0948. The molecule has 4 atom stereocenters. The zero-order chi connectivity index (χ0) is 18.8. The fraction of sp³-hybridized carbons (Fsp3) is 0.438. The van der Waals surface area contributed by atoms with E-state index >= 15 is 0 Å². The van der Waals surface area contributed by atoms with Crippen LogP contribution in [0.2, 0.25) is 0 Å². The number of nitrogens with zero attached hydrogens (tertiary/aromatic N) is 2. The number of hydrogen-bond donors (Lipinski definition) is 5. The molecule has 0 aromatic carbocycles. The van der Waals surface area contributed by atoms with Crippen molar-refractivity contribution in [2.45, 2.75) is 37.9 Å². The number of hydrogen-bond acceptors (Lipinski definition) is 7. The van der Waals surface area contributed by atoms with Crippen LogP contribution in [0.1, 0.15) is 25.6 Å². The smallest absolute Gasteiger partial charge is 0.200 e. The number of nitrogens with one attached hydrogen (secondary N) is 2. The number of allylic oxidation sites excluding steroid dienone is 1. The van der Waals surface area contributed by atoms with Crippen LogP contribution in [0.3, 0.4) is 0 Å². The van der Waals surface area contributed by atoms with Crippen LogP contribution in [-0.2, 0) is 4.74 Å². The lowest BCUT2D eigenvalue weighted by Gasteiger charge is -2.27. The number of rotatable bonds is 2. The van der Waals surface area contributed by atoms with Crippen molar-refractivity contribution in [2.75, 3.05) is 11.9 Å². The highest BCUT2D eigenvalue weighted by Crippen LogP contribution is 2.42. The Hall–Kier alpha value is -1.69. The van der Waals surface area contributed by atoms with E-state index in [4.69, 9.17) is 29.2 Å². The molecule has 0 spiro atoms. The summed E-state index contributed by atoms with van der Waals surface area (Å²) >= 11 is 10.5. The summed E-state index contributed by atoms with van der Waals surface area (Å²) in [6.45, 7) is 2.99. The molecule has 1 fully saturated rings. The van der Waals surface area contributed by atoms with Gasteiger partial charge in [0.05, 0.1) is 12.0 Å². The molecule has 138 valence electrons. The summed E-state index contributed by atoms with van der Waals surface area (Å²) in [4.78, 5) is 7.88. The molecule has 2 aliphatic heterocycles. The first-order chi connectivity index (χ1) is 12.2. The molecule has 0 amide bonds. The lowest BCUT2D eigenvalue weighted by Crippen LogP contribution is -2.44. The lowest BCUT2D eigenvalue weighted by atomic mass is 9.96. The number of aliphatic hydroxyl groups is 3. The first-order valence-corrected chi connectivity index (χ1v) is 8.87. The van der Waals surface area contributed by atoms with Gasteiger partial charge in [-0.25, -0.2) is 4.98 Å². The summed E-state index contributed by atoms with van der Waals surface area (Å²) < 4.78 is 7.67. The van der Waals surface area contributed by atoms with Crippen molar-refractivity contribution in [2.24, 2.45) is 0 Å². The number of aromatic nitrogens is 3. The topological polar surface area (TPSA) is 116 Å². The molecule has 2 unspecified atom stereocenters. The van der Waals surface area contributed by atoms with Crippen molar-refractivity contribution in [1.29, 1.82) is 0 Å². The first kappa shape index (κ1) is 17.7. The average Bonchev–Trinajstić information content (AvgIpc) is 2.99. The molecule has 1 saturated heterocycles. The molecule has 26 heavy (non-hydrogen) atoms. The molecule has 0 saturated carbocycles. The van der Waals surface area contributed by atoms with Gasteiger partial charge in [-0.2, -0.15) is 0 Å². The molecule has 0 radical (unpaired) electrons. The summed E-state index contributed by atoms with van der Waals surface area (Å²) in [6.07, 6.45) is 0.561. The van der Waals surface area contributed by atoms with Gasteiger partial charge in [0.15, 0.2) is 11.0 Å². The predicted octanol–water partition coefficient (Wildman–Crippen LogP) is 1.25. The molecular formula is C16H18N4O4S2. The zero-order valence-corrected chi connectivity index (χ0v) is 15.7. The van der Waals surface area contributed by atoms with E-state index in [-0.39, 0.29) is 4.77 Å². The molecule has 5 N–H and O–H groups in total. The number of anilines is 1. The van der Waals surface area contributed by atoms with Gasteiger partial charge in [0, 0.05) is 11.8 Å². The second-order valence-corrected chi connectivity index (χ2v) is 7.59. The minimum absolute atomic E-state index is 0.241. The van der Waals surface area contributed by atoms with E-state index in [1.54, 1.807) is 10.8 Å². The third kappa shape index (κ3) is 2.45. The zero-order valence-electron chi connectivity index (χ0n) is 14.1. The molecule has 0 bridgehead atoms. The van der Waals surface area contributed by atoms with Gasteiger partial charge in [-0.3, -0.25) is 0 Å². The van der Waals surface area contributed by atoms with Crippen LogP contribution in [0.25, 0.3) is 16.6 Å². The monoisotopic (exact) mass is 394 g/mol. The SMILES string of the molecule is CC1=CC(=S)Nc2nc(=S)[nH]c3c2c1cn3C1O[C@H](CO)[C@@H](O)C1(C)O. The Morgan fingerprint density at radius 3 is 2.81 bits per heavy atom. The van der Waals surface area contributed by atoms with Gasteiger partial charge in [0.25, 0.3) is 0 Å². The van der Waals surface area contributed by atoms with Crippen LogP contribution in [0.15, 0.2) is 12.3 Å².